The van der Waals surface area contributed by atoms with E-state index in [-0.39, 0.29) is 12.5 Å². The number of hydrogen-bond acceptors (Lipinski definition) is 2. The first-order valence-electron chi connectivity index (χ1n) is 7.11. The molecule has 120 valence electrons. The molecule has 1 fully saturated rings. The minimum Gasteiger partial charge on any atom is -0.346 e. The zero-order valence-corrected chi connectivity index (χ0v) is 12.7. The molecule has 0 aromatic heterocycles. The molecule has 0 radical (unpaired) electrons. The summed E-state index contributed by atoms with van der Waals surface area (Å²) in [7, 11) is 0. The van der Waals surface area contributed by atoms with E-state index in [2.05, 4.69) is 11.6 Å². The highest BCUT2D eigenvalue weighted by molar-refractivity contribution is 6.32. The number of rotatable bonds is 4. The smallest absolute Gasteiger partial charge is 0.346 e. The van der Waals surface area contributed by atoms with Crippen LogP contribution < -0.4 is 5.32 Å². The molecule has 1 aliphatic rings. The van der Waals surface area contributed by atoms with Crippen LogP contribution in [0.5, 0.6) is 0 Å². The van der Waals surface area contributed by atoms with Gasteiger partial charge in [0.05, 0.1) is 0 Å². The van der Waals surface area contributed by atoms with Crippen molar-refractivity contribution in [3.8, 4) is 0 Å². The Morgan fingerprint density at radius 3 is 2.55 bits per heavy atom. The van der Waals surface area contributed by atoms with Crippen molar-refractivity contribution in [2.75, 3.05) is 13.1 Å². The van der Waals surface area contributed by atoms with E-state index in [0.717, 1.165) is 32.4 Å². The van der Waals surface area contributed by atoms with Gasteiger partial charge in [0.25, 0.3) is 5.91 Å². The number of halogens is 3. The topological polar surface area (TPSA) is 49.4 Å². The lowest BCUT2D eigenvalue weighted by Crippen LogP contribution is -2.36. The lowest BCUT2D eigenvalue weighted by molar-refractivity contribution is -0.135. The van der Waals surface area contributed by atoms with Gasteiger partial charge < -0.3 is 10.2 Å². The summed E-state index contributed by atoms with van der Waals surface area (Å²) in [5.74, 6) is -1.63. The van der Waals surface area contributed by atoms with Gasteiger partial charge in [-0.15, -0.1) is 0 Å². The van der Waals surface area contributed by atoms with Crippen molar-refractivity contribution in [3.05, 3.63) is 35.4 Å². The van der Waals surface area contributed by atoms with Crippen LogP contribution in [-0.2, 0) is 11.3 Å². The maximum Gasteiger partial charge on any atom is 0.399 e. The molecule has 2 amide bonds. The summed E-state index contributed by atoms with van der Waals surface area (Å²) in [5, 5.41) is -1.89. The highest BCUT2D eigenvalue weighted by Gasteiger charge is 2.35. The number of likely N-dealkylation sites (tertiary alicyclic amines) is 1. The zero-order chi connectivity index (χ0) is 16.2. The molecular weight excluding hydrogens is 314 g/mol. The Morgan fingerprint density at radius 1 is 1.23 bits per heavy atom. The number of alkyl halides is 3. The van der Waals surface area contributed by atoms with Gasteiger partial charge in [-0.05, 0) is 48.6 Å². The fourth-order valence-electron chi connectivity index (χ4n) is 2.38. The Labute approximate surface area is 132 Å². The fourth-order valence-corrected chi connectivity index (χ4v) is 2.44. The molecule has 0 bridgehead atoms. The van der Waals surface area contributed by atoms with Crippen molar-refractivity contribution in [2.24, 2.45) is 0 Å². The summed E-state index contributed by atoms with van der Waals surface area (Å²) < 4.78 is 25.1. The minimum atomic E-state index is -3.93. The lowest BCUT2D eigenvalue weighted by atomic mass is 10.1. The molecule has 1 aromatic carbocycles. The highest BCUT2D eigenvalue weighted by Crippen LogP contribution is 2.19. The second-order valence-corrected chi connectivity index (χ2v) is 5.71. The first-order chi connectivity index (χ1) is 10.4. The van der Waals surface area contributed by atoms with E-state index >= 15 is 0 Å². The summed E-state index contributed by atoms with van der Waals surface area (Å²) in [6.45, 7) is 1.36. The van der Waals surface area contributed by atoms with E-state index in [4.69, 9.17) is 0 Å². The highest BCUT2D eigenvalue weighted by atomic mass is 35.5. The first kappa shape index (κ1) is 16.7. The number of amides is 2. The average Bonchev–Trinajstić information content (AvgIpc) is 2.52. The van der Waals surface area contributed by atoms with Crippen LogP contribution in [0.4, 0.5) is 8.78 Å². The number of carbonyl (C=O) groups excluding carboxylic acids is 2. The molecule has 1 heterocycles. The van der Waals surface area contributed by atoms with Crippen LogP contribution in [0.25, 0.3) is 0 Å². The van der Waals surface area contributed by atoms with Gasteiger partial charge >= 0.3 is 11.3 Å². The van der Waals surface area contributed by atoms with Gasteiger partial charge in [0.1, 0.15) is 0 Å². The van der Waals surface area contributed by atoms with Gasteiger partial charge in [-0.25, -0.2) is 0 Å². The molecule has 1 N–H and O–H groups in total. The van der Waals surface area contributed by atoms with Crippen LogP contribution in [0.15, 0.2) is 24.3 Å². The Bertz CT molecular complexity index is 555. The van der Waals surface area contributed by atoms with Gasteiger partial charge in [-0.1, -0.05) is 12.1 Å². The number of piperidine rings is 1. The van der Waals surface area contributed by atoms with Crippen molar-refractivity contribution in [3.63, 3.8) is 0 Å². The SMILES string of the molecule is O=C(c1cccc(CNC(=O)C(F)(F)Cl)c1)N1CCCCC1. The summed E-state index contributed by atoms with van der Waals surface area (Å²) in [5.41, 5.74) is 1.06. The zero-order valence-electron chi connectivity index (χ0n) is 11.9. The third-order valence-corrected chi connectivity index (χ3v) is 3.70. The van der Waals surface area contributed by atoms with E-state index < -0.39 is 11.3 Å². The molecule has 0 unspecified atom stereocenters. The molecule has 2 rings (SSSR count). The number of nitrogens with zero attached hydrogens (tertiary/aromatic N) is 1. The van der Waals surface area contributed by atoms with Crippen LogP contribution in [-0.4, -0.2) is 35.2 Å². The lowest BCUT2D eigenvalue weighted by Gasteiger charge is -2.26. The van der Waals surface area contributed by atoms with Crippen molar-refractivity contribution < 1.29 is 18.4 Å². The molecule has 22 heavy (non-hydrogen) atoms. The Kier molecular flexibility index (Phi) is 5.34. The number of benzene rings is 1. The van der Waals surface area contributed by atoms with Crippen molar-refractivity contribution in [2.45, 2.75) is 31.2 Å². The van der Waals surface area contributed by atoms with Gasteiger partial charge in [0.15, 0.2) is 0 Å². The van der Waals surface area contributed by atoms with Crippen molar-refractivity contribution in [1.29, 1.82) is 0 Å². The van der Waals surface area contributed by atoms with E-state index in [1.54, 1.807) is 29.2 Å². The fraction of sp³-hybridized carbons (Fsp3) is 0.467. The van der Waals surface area contributed by atoms with E-state index in [0.29, 0.717) is 11.1 Å². The van der Waals surface area contributed by atoms with Crippen molar-refractivity contribution >= 4 is 23.4 Å². The third kappa shape index (κ3) is 4.40. The van der Waals surface area contributed by atoms with E-state index in [1.165, 1.54) is 0 Å². The van der Waals surface area contributed by atoms with Crippen LogP contribution >= 0.6 is 11.6 Å². The van der Waals surface area contributed by atoms with E-state index in [9.17, 15) is 18.4 Å². The van der Waals surface area contributed by atoms with Gasteiger partial charge in [0, 0.05) is 25.2 Å². The second kappa shape index (κ2) is 7.05. The van der Waals surface area contributed by atoms with Crippen LogP contribution in [0.3, 0.4) is 0 Å². The van der Waals surface area contributed by atoms with Crippen molar-refractivity contribution in [1.82, 2.24) is 10.2 Å². The van der Waals surface area contributed by atoms with Crippen LogP contribution in [0, 0.1) is 0 Å². The summed E-state index contributed by atoms with van der Waals surface area (Å²) >= 11 is 4.63. The first-order valence-corrected chi connectivity index (χ1v) is 7.49. The number of nitrogens with one attached hydrogen (secondary N) is 1. The monoisotopic (exact) mass is 330 g/mol. The predicted molar refractivity (Wildman–Crippen MR) is 78.8 cm³/mol. The maximum atomic E-state index is 12.6. The van der Waals surface area contributed by atoms with Gasteiger partial charge in [-0.3, -0.25) is 9.59 Å². The number of hydrogen-bond donors (Lipinski definition) is 1. The summed E-state index contributed by atoms with van der Waals surface area (Å²) in [4.78, 5) is 25.2. The molecule has 0 saturated carbocycles. The molecule has 1 aliphatic heterocycles. The molecular formula is C15H17ClF2N2O2. The molecule has 0 spiro atoms. The van der Waals surface area contributed by atoms with E-state index in [1.807, 2.05) is 5.32 Å². The molecule has 0 aliphatic carbocycles. The normalized spacial score (nSPS) is 15.5. The minimum absolute atomic E-state index is 0.0736. The molecule has 1 aromatic rings. The Hall–Kier alpha value is -1.69. The standard InChI is InChI=1S/C15H17ClF2N2O2/c16-15(17,18)14(22)19-10-11-5-4-6-12(9-11)13(21)20-7-2-1-3-8-20/h4-6,9H,1-3,7-8,10H2,(H,19,22). The van der Waals surface area contributed by atoms with Crippen LogP contribution in [0.2, 0.25) is 0 Å². The van der Waals surface area contributed by atoms with Gasteiger partial charge in [-0.2, -0.15) is 8.78 Å². The summed E-state index contributed by atoms with van der Waals surface area (Å²) in [6.07, 6.45) is 3.11. The average molecular weight is 331 g/mol. The predicted octanol–water partition coefficient (Wildman–Crippen LogP) is 2.76. The Balaban J connectivity index is 2.00. The number of carbonyl (C=O) groups is 2. The Morgan fingerprint density at radius 2 is 1.91 bits per heavy atom. The quantitative estimate of drug-likeness (QED) is 0.863. The maximum absolute atomic E-state index is 12.6. The largest absolute Gasteiger partial charge is 0.399 e. The molecule has 0 atom stereocenters. The molecule has 7 heteroatoms. The van der Waals surface area contributed by atoms with Gasteiger partial charge in [0.2, 0.25) is 0 Å². The third-order valence-electron chi connectivity index (χ3n) is 3.53. The van der Waals surface area contributed by atoms with Crippen LogP contribution in [0.1, 0.15) is 35.2 Å². The summed E-state index contributed by atoms with van der Waals surface area (Å²) in [6, 6.07) is 6.60. The second-order valence-electron chi connectivity index (χ2n) is 5.23. The molecule has 1 saturated heterocycles. The molecule has 4 nitrogen and oxygen atoms in total.